The van der Waals surface area contributed by atoms with E-state index in [-0.39, 0.29) is 12.4 Å². The van der Waals surface area contributed by atoms with Gasteiger partial charge in [0.15, 0.2) is 18.2 Å². The van der Waals surface area contributed by atoms with Crippen LogP contribution in [-0.2, 0) is 4.74 Å². The molecule has 1 heterocycles. The summed E-state index contributed by atoms with van der Waals surface area (Å²) in [5, 5.41) is 1.57. The van der Waals surface area contributed by atoms with Crippen molar-refractivity contribution in [2.75, 3.05) is 6.61 Å². The number of rotatable bonds is 1. The Labute approximate surface area is 110 Å². The molecule has 1 aromatic carbocycles. The Kier molecular flexibility index (Phi) is 4.24. The Morgan fingerprint density at radius 1 is 1.21 bits per heavy atom. The lowest BCUT2D eigenvalue weighted by atomic mass is 9.98. The Balaban J connectivity index is 0.00000180. The molecule has 1 aliphatic heterocycles. The van der Waals surface area contributed by atoms with E-state index >= 15 is 0 Å². The highest BCUT2D eigenvalue weighted by Crippen LogP contribution is 2.37. The second-order valence-electron chi connectivity index (χ2n) is 3.67. The number of nitrogens with one attached hydrogen (secondary N) is 1. The molecule has 2 rings (SSSR count). The maximum atomic E-state index is 13.4. The van der Waals surface area contributed by atoms with Crippen LogP contribution < -0.4 is 5.32 Å². The molecule has 1 N–H and O–H groups in total. The van der Waals surface area contributed by atoms with E-state index in [1.54, 1.807) is 5.32 Å². The highest BCUT2D eigenvalue weighted by Gasteiger charge is 2.49. The summed E-state index contributed by atoms with van der Waals surface area (Å²) in [5.74, 6) is -8.37. The Hall–Kier alpha value is -1.57. The summed E-state index contributed by atoms with van der Waals surface area (Å²) in [5.41, 5.74) is -1.23. The van der Waals surface area contributed by atoms with Crippen LogP contribution >= 0.6 is 12.4 Å². The average molecular weight is 304 g/mol. The summed E-state index contributed by atoms with van der Waals surface area (Å²) in [6.45, 7) is -1.33. The van der Waals surface area contributed by atoms with Gasteiger partial charge in [-0.1, -0.05) is 0 Å². The summed E-state index contributed by atoms with van der Waals surface area (Å²) in [6.07, 6.45) is -1.26. The predicted octanol–water partition coefficient (Wildman–Crippen LogP) is 2.94. The van der Waals surface area contributed by atoms with Crippen molar-refractivity contribution in [2.45, 2.75) is 12.0 Å². The molecule has 106 valence electrons. The van der Waals surface area contributed by atoms with Crippen molar-refractivity contribution in [1.29, 1.82) is 0 Å². The molecule has 1 amide bonds. The van der Waals surface area contributed by atoms with Gasteiger partial charge in [0.2, 0.25) is 0 Å². The maximum absolute atomic E-state index is 13.4. The minimum absolute atomic E-state index is 0. The van der Waals surface area contributed by atoms with Gasteiger partial charge in [0.1, 0.15) is 11.9 Å². The molecule has 0 saturated carbocycles. The van der Waals surface area contributed by atoms with Crippen molar-refractivity contribution in [3.8, 4) is 0 Å². The molecule has 1 aromatic rings. The van der Waals surface area contributed by atoms with E-state index in [2.05, 4.69) is 4.74 Å². The third kappa shape index (κ3) is 2.73. The number of hydrogen-bond donors (Lipinski definition) is 1. The number of amides is 1. The number of carbonyl (C=O) groups excluding carboxylic acids is 1. The predicted molar refractivity (Wildman–Crippen MR) is 55.7 cm³/mol. The lowest BCUT2D eigenvalue weighted by molar-refractivity contribution is -0.105. The van der Waals surface area contributed by atoms with Gasteiger partial charge in [-0.15, -0.1) is 12.4 Å². The van der Waals surface area contributed by atoms with E-state index in [4.69, 9.17) is 0 Å². The van der Waals surface area contributed by atoms with E-state index in [1.165, 1.54) is 0 Å². The summed E-state index contributed by atoms with van der Waals surface area (Å²) in [7, 11) is 0. The third-order valence-electron chi connectivity index (χ3n) is 2.45. The van der Waals surface area contributed by atoms with Crippen LogP contribution in [0.5, 0.6) is 0 Å². The molecule has 1 fully saturated rings. The summed E-state index contributed by atoms with van der Waals surface area (Å²) in [6, 6.07) is -1.34. The quantitative estimate of drug-likeness (QED) is 0.640. The maximum Gasteiger partial charge on any atom is 0.408 e. The first-order chi connectivity index (χ1) is 8.33. The number of hydrogen-bond acceptors (Lipinski definition) is 2. The van der Waals surface area contributed by atoms with Crippen LogP contribution in [0, 0.1) is 17.5 Å². The number of halogens is 6. The van der Waals surface area contributed by atoms with Crippen LogP contribution in [0.2, 0.25) is 0 Å². The molecule has 9 heteroatoms. The van der Waals surface area contributed by atoms with Crippen LogP contribution in [0.3, 0.4) is 0 Å². The minimum atomic E-state index is -3.75. The van der Waals surface area contributed by atoms with E-state index < -0.39 is 47.7 Å². The van der Waals surface area contributed by atoms with Gasteiger partial charge >= 0.3 is 12.0 Å². The topological polar surface area (TPSA) is 38.3 Å². The van der Waals surface area contributed by atoms with Crippen molar-refractivity contribution in [2.24, 2.45) is 0 Å². The monoisotopic (exact) mass is 303 g/mol. The standard InChI is InChI=1S/C10H6F5NO2.ClH/c11-4-1-2-5(12)7(13)6(4)8-10(14,15)3-18-9(17)16-8;/h1-2,8H,3H2,(H,16,17);1H/t8-;/m0./s1. The van der Waals surface area contributed by atoms with Gasteiger partial charge < -0.3 is 10.1 Å². The summed E-state index contributed by atoms with van der Waals surface area (Å²) >= 11 is 0. The fraction of sp³-hybridized carbons (Fsp3) is 0.300. The van der Waals surface area contributed by atoms with Crippen LogP contribution in [0.4, 0.5) is 26.7 Å². The highest BCUT2D eigenvalue weighted by atomic mass is 35.5. The molecule has 0 spiro atoms. The number of alkyl carbamates (subject to hydrolysis) is 1. The molecule has 0 aliphatic carbocycles. The van der Waals surface area contributed by atoms with Gasteiger partial charge in [0, 0.05) is 0 Å². The molecule has 19 heavy (non-hydrogen) atoms. The molecule has 0 radical (unpaired) electrons. The molecule has 3 nitrogen and oxygen atoms in total. The van der Waals surface area contributed by atoms with Crippen molar-refractivity contribution in [1.82, 2.24) is 5.32 Å². The molecule has 0 unspecified atom stereocenters. The number of alkyl halides is 2. The normalized spacial score (nSPS) is 21.1. The Morgan fingerprint density at radius 3 is 2.42 bits per heavy atom. The van der Waals surface area contributed by atoms with Crippen LogP contribution in [0.25, 0.3) is 0 Å². The zero-order valence-electron chi connectivity index (χ0n) is 9.05. The number of ether oxygens (including phenoxy) is 1. The van der Waals surface area contributed by atoms with Gasteiger partial charge in [-0.25, -0.2) is 26.7 Å². The first-order valence-corrected chi connectivity index (χ1v) is 4.77. The zero-order chi connectivity index (χ0) is 13.5. The van der Waals surface area contributed by atoms with Crippen molar-refractivity contribution >= 4 is 18.5 Å². The van der Waals surface area contributed by atoms with Crippen molar-refractivity contribution in [3.63, 3.8) is 0 Å². The third-order valence-corrected chi connectivity index (χ3v) is 2.45. The lowest BCUT2D eigenvalue weighted by Crippen LogP contribution is -2.50. The molecule has 1 saturated heterocycles. The van der Waals surface area contributed by atoms with E-state index in [0.717, 1.165) is 0 Å². The van der Waals surface area contributed by atoms with Crippen LogP contribution in [0.15, 0.2) is 12.1 Å². The Morgan fingerprint density at radius 2 is 1.79 bits per heavy atom. The average Bonchev–Trinajstić information content (AvgIpc) is 2.29. The SMILES string of the molecule is Cl.O=C1N[C@@H](c2c(F)ccc(F)c2F)C(F)(F)CO1. The van der Waals surface area contributed by atoms with Gasteiger partial charge in [0.25, 0.3) is 0 Å². The van der Waals surface area contributed by atoms with Crippen LogP contribution in [-0.4, -0.2) is 18.6 Å². The fourth-order valence-corrected chi connectivity index (χ4v) is 1.60. The second kappa shape index (κ2) is 5.20. The lowest BCUT2D eigenvalue weighted by Gasteiger charge is -2.32. The molecule has 1 atom stereocenters. The van der Waals surface area contributed by atoms with Gasteiger partial charge in [-0.3, -0.25) is 0 Å². The number of cyclic esters (lactones) is 1. The first kappa shape index (κ1) is 15.5. The van der Waals surface area contributed by atoms with E-state index in [1.807, 2.05) is 0 Å². The summed E-state index contributed by atoms with van der Waals surface area (Å²) in [4.78, 5) is 10.8. The zero-order valence-corrected chi connectivity index (χ0v) is 9.87. The minimum Gasteiger partial charge on any atom is -0.443 e. The van der Waals surface area contributed by atoms with Gasteiger partial charge in [-0.05, 0) is 12.1 Å². The summed E-state index contributed by atoms with van der Waals surface area (Å²) < 4.78 is 70.5. The van der Waals surface area contributed by atoms with E-state index in [9.17, 15) is 26.7 Å². The van der Waals surface area contributed by atoms with Gasteiger partial charge in [0.05, 0.1) is 5.56 Å². The number of carbonyl (C=O) groups is 1. The van der Waals surface area contributed by atoms with Crippen LogP contribution in [0.1, 0.15) is 11.6 Å². The first-order valence-electron chi connectivity index (χ1n) is 4.77. The molecule has 0 aromatic heterocycles. The molecular weight excluding hydrogens is 297 g/mol. The molecule has 0 bridgehead atoms. The highest BCUT2D eigenvalue weighted by molar-refractivity contribution is 5.85. The largest absolute Gasteiger partial charge is 0.443 e. The molecule has 1 aliphatic rings. The molecular formula is C10H7ClF5NO2. The fourth-order valence-electron chi connectivity index (χ4n) is 1.60. The smallest absolute Gasteiger partial charge is 0.408 e. The van der Waals surface area contributed by atoms with Gasteiger partial charge in [-0.2, -0.15) is 0 Å². The Bertz CT molecular complexity index is 511. The number of benzene rings is 1. The van der Waals surface area contributed by atoms with Crippen molar-refractivity contribution in [3.05, 3.63) is 35.1 Å². The van der Waals surface area contributed by atoms with Crippen molar-refractivity contribution < 1.29 is 31.5 Å². The second-order valence-corrected chi connectivity index (χ2v) is 3.67. The van der Waals surface area contributed by atoms with E-state index in [0.29, 0.717) is 12.1 Å².